The lowest BCUT2D eigenvalue weighted by Gasteiger charge is -2.09. The Balaban J connectivity index is 1.92. The molecular formula is C21H15FN4. The second kappa shape index (κ2) is 6.72. The maximum Gasteiger partial charge on any atom is 0.123 e. The molecule has 0 spiro atoms. The Morgan fingerprint density at radius 3 is 2.19 bits per heavy atom. The van der Waals surface area contributed by atoms with Crippen molar-refractivity contribution in [3.05, 3.63) is 91.0 Å². The number of hydrogen-bond acceptors (Lipinski definition) is 3. The van der Waals surface area contributed by atoms with Crippen molar-refractivity contribution in [1.29, 1.82) is 0 Å². The summed E-state index contributed by atoms with van der Waals surface area (Å²) in [5.74, 6) is -0.286. The van der Waals surface area contributed by atoms with Crippen molar-refractivity contribution in [2.45, 2.75) is 0 Å². The fourth-order valence-electron chi connectivity index (χ4n) is 2.79. The van der Waals surface area contributed by atoms with Gasteiger partial charge in [-0.2, -0.15) is 0 Å². The van der Waals surface area contributed by atoms with Gasteiger partial charge in [0.1, 0.15) is 17.2 Å². The number of halogens is 1. The zero-order chi connectivity index (χ0) is 17.9. The standard InChI is InChI=1S/C21H15FN4/c1-2-15-3-9-19(10-4-15)26-21(17-11-13-23-14-12-17)20(24-25-26)16-5-7-18(22)8-6-16/h2-14H,1H2. The highest BCUT2D eigenvalue weighted by molar-refractivity contribution is 5.79. The molecule has 0 amide bonds. The van der Waals surface area contributed by atoms with E-state index in [0.717, 1.165) is 28.1 Å². The van der Waals surface area contributed by atoms with Gasteiger partial charge in [0.2, 0.25) is 0 Å². The molecule has 2 heterocycles. The first-order valence-electron chi connectivity index (χ1n) is 8.11. The fourth-order valence-corrected chi connectivity index (χ4v) is 2.79. The van der Waals surface area contributed by atoms with Gasteiger partial charge in [-0.3, -0.25) is 4.98 Å². The molecule has 0 aliphatic rings. The van der Waals surface area contributed by atoms with Gasteiger partial charge in [0.05, 0.1) is 5.69 Å². The molecule has 0 atom stereocenters. The Hall–Kier alpha value is -3.60. The van der Waals surface area contributed by atoms with E-state index < -0.39 is 0 Å². The molecule has 5 heteroatoms. The van der Waals surface area contributed by atoms with Crippen molar-refractivity contribution in [3.8, 4) is 28.2 Å². The van der Waals surface area contributed by atoms with Crippen LogP contribution >= 0.6 is 0 Å². The lowest BCUT2D eigenvalue weighted by molar-refractivity contribution is 0.628. The quantitative estimate of drug-likeness (QED) is 0.536. The molecule has 4 rings (SSSR count). The van der Waals surface area contributed by atoms with Gasteiger partial charge in [-0.25, -0.2) is 9.07 Å². The van der Waals surface area contributed by atoms with Gasteiger partial charge in [-0.15, -0.1) is 5.10 Å². The van der Waals surface area contributed by atoms with Crippen LogP contribution in [-0.2, 0) is 0 Å². The molecule has 4 nitrogen and oxygen atoms in total. The van der Waals surface area contributed by atoms with Gasteiger partial charge >= 0.3 is 0 Å². The minimum atomic E-state index is -0.286. The predicted octanol–water partition coefficient (Wildman–Crippen LogP) is 4.78. The van der Waals surface area contributed by atoms with E-state index in [1.54, 1.807) is 35.3 Å². The largest absolute Gasteiger partial charge is 0.265 e. The van der Waals surface area contributed by atoms with E-state index in [1.165, 1.54) is 12.1 Å². The van der Waals surface area contributed by atoms with Crippen molar-refractivity contribution >= 4 is 6.08 Å². The van der Waals surface area contributed by atoms with Crippen molar-refractivity contribution in [2.75, 3.05) is 0 Å². The molecule has 26 heavy (non-hydrogen) atoms. The average Bonchev–Trinajstić information content (AvgIpc) is 3.14. The van der Waals surface area contributed by atoms with Crippen LogP contribution in [0, 0.1) is 5.82 Å². The molecule has 0 N–H and O–H groups in total. The van der Waals surface area contributed by atoms with E-state index in [0.29, 0.717) is 5.69 Å². The van der Waals surface area contributed by atoms with Gasteiger partial charge in [-0.05, 0) is 54.1 Å². The first-order valence-corrected chi connectivity index (χ1v) is 8.11. The van der Waals surface area contributed by atoms with Gasteiger partial charge < -0.3 is 0 Å². The summed E-state index contributed by atoms with van der Waals surface area (Å²) in [6, 6.07) is 17.9. The van der Waals surface area contributed by atoms with Gasteiger partial charge in [0, 0.05) is 23.5 Å². The first kappa shape index (κ1) is 15.9. The Bertz CT molecular complexity index is 1040. The van der Waals surface area contributed by atoms with Gasteiger partial charge in [0.25, 0.3) is 0 Å². The van der Waals surface area contributed by atoms with Crippen molar-refractivity contribution < 1.29 is 4.39 Å². The second-order valence-electron chi connectivity index (χ2n) is 5.74. The Labute approximate surface area is 150 Å². The molecule has 0 saturated carbocycles. The highest BCUT2D eigenvalue weighted by Gasteiger charge is 2.18. The zero-order valence-electron chi connectivity index (χ0n) is 13.9. The normalized spacial score (nSPS) is 10.7. The molecule has 0 fully saturated rings. The Morgan fingerprint density at radius 2 is 1.54 bits per heavy atom. The van der Waals surface area contributed by atoms with Gasteiger partial charge in [-0.1, -0.05) is 30.0 Å². The smallest absolute Gasteiger partial charge is 0.123 e. The minimum absolute atomic E-state index is 0.286. The molecule has 0 bridgehead atoms. The topological polar surface area (TPSA) is 43.6 Å². The van der Waals surface area contributed by atoms with Crippen LogP contribution in [0.25, 0.3) is 34.3 Å². The molecule has 0 aliphatic carbocycles. The van der Waals surface area contributed by atoms with Crippen LogP contribution in [0.5, 0.6) is 0 Å². The SMILES string of the molecule is C=Cc1ccc(-n2nnc(-c3ccc(F)cc3)c2-c2ccncc2)cc1. The lowest BCUT2D eigenvalue weighted by atomic mass is 10.1. The van der Waals surface area contributed by atoms with Crippen molar-refractivity contribution in [1.82, 2.24) is 20.0 Å². The molecule has 0 radical (unpaired) electrons. The van der Waals surface area contributed by atoms with Crippen LogP contribution in [0.1, 0.15) is 5.56 Å². The predicted molar refractivity (Wildman–Crippen MR) is 100 cm³/mol. The summed E-state index contributed by atoms with van der Waals surface area (Å²) >= 11 is 0. The Kier molecular flexibility index (Phi) is 4.11. The summed E-state index contributed by atoms with van der Waals surface area (Å²) in [7, 11) is 0. The number of pyridine rings is 1. The maximum absolute atomic E-state index is 13.3. The summed E-state index contributed by atoms with van der Waals surface area (Å²) in [5.41, 5.74) is 5.14. The monoisotopic (exact) mass is 342 g/mol. The van der Waals surface area contributed by atoms with Crippen molar-refractivity contribution in [2.24, 2.45) is 0 Å². The van der Waals surface area contributed by atoms with E-state index in [1.807, 2.05) is 36.4 Å². The van der Waals surface area contributed by atoms with E-state index in [4.69, 9.17) is 0 Å². The number of nitrogens with zero attached hydrogens (tertiary/aromatic N) is 4. The molecular weight excluding hydrogens is 327 g/mol. The van der Waals surface area contributed by atoms with E-state index >= 15 is 0 Å². The fraction of sp³-hybridized carbons (Fsp3) is 0. The highest BCUT2D eigenvalue weighted by Crippen LogP contribution is 2.32. The number of hydrogen-bond donors (Lipinski definition) is 0. The third kappa shape index (κ3) is 2.91. The average molecular weight is 342 g/mol. The molecule has 0 aliphatic heterocycles. The maximum atomic E-state index is 13.3. The Morgan fingerprint density at radius 1 is 0.846 bits per heavy atom. The van der Waals surface area contributed by atoms with Crippen LogP contribution in [0.15, 0.2) is 79.6 Å². The molecule has 2 aromatic heterocycles. The molecule has 126 valence electrons. The van der Waals surface area contributed by atoms with E-state index in [2.05, 4.69) is 21.9 Å². The number of benzene rings is 2. The zero-order valence-corrected chi connectivity index (χ0v) is 13.9. The van der Waals surface area contributed by atoms with Crippen LogP contribution in [0.3, 0.4) is 0 Å². The summed E-state index contributed by atoms with van der Waals surface area (Å²) < 4.78 is 15.1. The minimum Gasteiger partial charge on any atom is -0.265 e. The van der Waals surface area contributed by atoms with E-state index in [9.17, 15) is 4.39 Å². The van der Waals surface area contributed by atoms with Crippen LogP contribution in [0.4, 0.5) is 4.39 Å². The molecule has 0 unspecified atom stereocenters. The highest BCUT2D eigenvalue weighted by atomic mass is 19.1. The number of aromatic nitrogens is 4. The second-order valence-corrected chi connectivity index (χ2v) is 5.74. The summed E-state index contributed by atoms with van der Waals surface area (Å²) in [4.78, 5) is 4.08. The summed E-state index contributed by atoms with van der Waals surface area (Å²) in [6.07, 6.45) is 5.24. The lowest BCUT2D eigenvalue weighted by Crippen LogP contribution is -1.99. The van der Waals surface area contributed by atoms with Crippen molar-refractivity contribution in [3.63, 3.8) is 0 Å². The van der Waals surface area contributed by atoms with E-state index in [-0.39, 0.29) is 5.82 Å². The number of rotatable bonds is 4. The van der Waals surface area contributed by atoms with Crippen LogP contribution in [-0.4, -0.2) is 20.0 Å². The molecule has 4 aromatic rings. The van der Waals surface area contributed by atoms with Crippen LogP contribution < -0.4 is 0 Å². The summed E-state index contributed by atoms with van der Waals surface area (Å²) in [6.45, 7) is 3.78. The van der Waals surface area contributed by atoms with Crippen LogP contribution in [0.2, 0.25) is 0 Å². The first-order chi connectivity index (χ1) is 12.8. The third-order valence-corrected chi connectivity index (χ3v) is 4.12. The summed E-state index contributed by atoms with van der Waals surface area (Å²) in [5, 5.41) is 8.71. The third-order valence-electron chi connectivity index (χ3n) is 4.12. The molecule has 2 aromatic carbocycles. The molecule has 0 saturated heterocycles. The van der Waals surface area contributed by atoms with Gasteiger partial charge in [0.15, 0.2) is 0 Å².